The number of aliphatic hydroxyl groups is 1. The number of carbonyl (C=O) groups excluding carboxylic acids is 1. The van der Waals surface area contributed by atoms with E-state index >= 15 is 0 Å². The van der Waals surface area contributed by atoms with E-state index in [9.17, 15) is 23.1 Å². The van der Waals surface area contributed by atoms with Crippen LogP contribution in [-0.2, 0) is 31.3 Å². The number of ether oxygens (including phenoxy) is 3. The van der Waals surface area contributed by atoms with Crippen LogP contribution in [0.3, 0.4) is 0 Å². The number of allylic oxidation sites excluding steroid dienone is 1. The molecule has 2 saturated carbocycles. The zero-order chi connectivity index (χ0) is 34.0. The van der Waals surface area contributed by atoms with Crippen molar-refractivity contribution >= 4 is 15.9 Å². The van der Waals surface area contributed by atoms with Gasteiger partial charge in [-0.3, -0.25) is 14.3 Å². The highest BCUT2D eigenvalue weighted by Gasteiger charge is 2.41. The lowest BCUT2D eigenvalue weighted by Gasteiger charge is -2.31. The van der Waals surface area contributed by atoms with Crippen molar-refractivity contribution in [2.75, 3.05) is 33.4 Å². The topological polar surface area (TPSA) is 141 Å². The summed E-state index contributed by atoms with van der Waals surface area (Å²) < 4.78 is 48.8. The summed E-state index contributed by atoms with van der Waals surface area (Å²) in [6.45, 7) is 1.22. The predicted octanol–water partition coefficient (Wildman–Crippen LogP) is 3.21. The molecule has 258 valence electrons. The van der Waals surface area contributed by atoms with Crippen LogP contribution in [0.5, 0.6) is 5.75 Å². The molecule has 5 atom stereocenters. The fraction of sp³-hybridized carbons (Fsp3) is 0.486. The largest absolute Gasteiger partial charge is 0.497 e. The van der Waals surface area contributed by atoms with E-state index in [0.29, 0.717) is 23.1 Å². The van der Waals surface area contributed by atoms with Gasteiger partial charge in [0.05, 0.1) is 30.9 Å². The number of carbonyl (C=O) groups is 1. The van der Waals surface area contributed by atoms with E-state index in [1.807, 2.05) is 44.3 Å². The Hall–Kier alpha value is -3.91. The van der Waals surface area contributed by atoms with Crippen molar-refractivity contribution in [1.82, 2.24) is 19.0 Å². The Labute approximate surface area is 280 Å². The number of nitrogens with zero attached hydrogens (tertiary/aromatic N) is 3. The number of methoxy groups -OCH3 is 1. The van der Waals surface area contributed by atoms with Gasteiger partial charge in [-0.1, -0.05) is 24.6 Å². The summed E-state index contributed by atoms with van der Waals surface area (Å²) in [5.41, 5.74) is 1.81. The fourth-order valence-corrected chi connectivity index (χ4v) is 8.86. The minimum atomic E-state index is -3.95. The third kappa shape index (κ3) is 6.82. The first-order chi connectivity index (χ1) is 23.1. The molecule has 12 nitrogen and oxygen atoms in total. The Bertz CT molecular complexity index is 1800. The van der Waals surface area contributed by atoms with Gasteiger partial charge in [0.2, 0.25) is 16.3 Å². The third-order valence-electron chi connectivity index (χ3n) is 10.00. The van der Waals surface area contributed by atoms with Gasteiger partial charge in [-0.15, -0.1) is 0 Å². The molecule has 2 heterocycles. The van der Waals surface area contributed by atoms with Gasteiger partial charge in [0.1, 0.15) is 5.75 Å². The molecule has 48 heavy (non-hydrogen) atoms. The molecule has 1 aliphatic heterocycles. The van der Waals surface area contributed by atoms with Crippen LogP contribution in [0.15, 0.2) is 76.1 Å². The molecular weight excluding hydrogens is 636 g/mol. The van der Waals surface area contributed by atoms with Gasteiger partial charge in [-0.2, -0.15) is 4.31 Å². The third-order valence-corrected chi connectivity index (χ3v) is 11.9. The van der Waals surface area contributed by atoms with Crippen LogP contribution < -0.4 is 15.6 Å². The Morgan fingerprint density at radius 3 is 2.46 bits per heavy atom. The van der Waals surface area contributed by atoms with Gasteiger partial charge in [0.25, 0.3) is 11.5 Å². The van der Waals surface area contributed by atoms with Gasteiger partial charge < -0.3 is 24.6 Å². The number of benzene rings is 2. The van der Waals surface area contributed by atoms with Crippen LogP contribution >= 0.6 is 0 Å². The Balaban J connectivity index is 1.23. The number of hydrogen-bond acceptors (Lipinski definition) is 8. The highest BCUT2D eigenvalue weighted by molar-refractivity contribution is 7.89. The number of sulfonamides is 1. The van der Waals surface area contributed by atoms with E-state index in [4.69, 9.17) is 14.2 Å². The zero-order valence-electron chi connectivity index (χ0n) is 27.6. The number of nitrogens with one attached hydrogen (secondary N) is 1. The van der Waals surface area contributed by atoms with Crippen molar-refractivity contribution in [1.29, 1.82) is 0 Å². The average molecular weight is 681 g/mol. The van der Waals surface area contributed by atoms with Crippen LogP contribution in [-0.4, -0.2) is 78.8 Å². The van der Waals surface area contributed by atoms with E-state index in [1.165, 1.54) is 25.7 Å². The Morgan fingerprint density at radius 2 is 1.81 bits per heavy atom. The van der Waals surface area contributed by atoms with Crippen molar-refractivity contribution in [3.05, 3.63) is 88.0 Å². The van der Waals surface area contributed by atoms with Gasteiger partial charge in [-0.05, 0) is 80.5 Å². The maximum Gasteiger partial charge on any atom is 0.286 e. The molecular formula is C35H44N4O8S. The van der Waals surface area contributed by atoms with E-state index in [0.717, 1.165) is 34.9 Å². The lowest BCUT2D eigenvalue weighted by Crippen LogP contribution is -2.42. The molecule has 1 amide bonds. The summed E-state index contributed by atoms with van der Waals surface area (Å²) in [6, 6.07) is 15.5. The molecule has 2 aliphatic carbocycles. The molecule has 0 spiro atoms. The highest BCUT2D eigenvalue weighted by Crippen LogP contribution is 2.44. The van der Waals surface area contributed by atoms with E-state index in [-0.39, 0.29) is 60.9 Å². The Kier molecular flexibility index (Phi) is 10.1. The monoisotopic (exact) mass is 680 g/mol. The van der Waals surface area contributed by atoms with Gasteiger partial charge in [-0.25, -0.2) is 13.1 Å². The van der Waals surface area contributed by atoms with E-state index < -0.39 is 22.2 Å². The summed E-state index contributed by atoms with van der Waals surface area (Å²) in [6.07, 6.45) is 5.43. The molecule has 2 fully saturated rings. The number of para-hydroxylation sites is 1. The predicted molar refractivity (Wildman–Crippen MR) is 178 cm³/mol. The molecule has 3 unspecified atom stereocenters. The summed E-state index contributed by atoms with van der Waals surface area (Å²) in [4.78, 5) is 27.6. The summed E-state index contributed by atoms with van der Waals surface area (Å²) in [5.74, 6) is 0.880. The number of fused-ring (bicyclic) bond motifs is 2. The highest BCUT2D eigenvalue weighted by atomic mass is 32.2. The zero-order valence-corrected chi connectivity index (χ0v) is 28.4. The first kappa shape index (κ1) is 34.0. The van der Waals surface area contributed by atoms with Gasteiger partial charge in [0, 0.05) is 49.8 Å². The summed E-state index contributed by atoms with van der Waals surface area (Å²) in [7, 11) is -0.629. The maximum absolute atomic E-state index is 13.9. The van der Waals surface area contributed by atoms with E-state index in [1.54, 1.807) is 27.6 Å². The lowest BCUT2D eigenvalue weighted by atomic mass is 9.92. The molecule has 1 aromatic heterocycles. The standard InChI is InChI=1S/C35H44N4O8S/c1-23-33(35(42)39(37(23)2)27-7-5-4-6-8-27)26-21-31(34(41)36-30-20-24-9-10-25(30)19-24)47-32(22-26)46-18-16-38(15-17-40)48(43,44)29-13-11-28(45-3)12-14-29/h4-8,11-14,21,24-26,30,32,40H,9-10,15-20,22H2,1-3H3,(H,36,41)/t24?,25?,26-,30?,32+/m0/s1. The van der Waals surface area contributed by atoms with Crippen LogP contribution in [0, 0.1) is 18.8 Å². The summed E-state index contributed by atoms with van der Waals surface area (Å²) >= 11 is 0. The molecule has 0 radical (unpaired) electrons. The number of aromatic nitrogens is 2. The second-order valence-corrected chi connectivity index (χ2v) is 14.8. The van der Waals surface area contributed by atoms with Crippen LogP contribution in [0.2, 0.25) is 0 Å². The number of amides is 1. The second-order valence-electron chi connectivity index (χ2n) is 12.8. The van der Waals surface area contributed by atoms with Gasteiger partial charge in [0.15, 0.2) is 5.76 Å². The molecule has 2 N–H and O–H groups in total. The molecule has 0 saturated heterocycles. The molecule has 3 aliphatic rings. The number of aliphatic hydroxyl groups excluding tert-OH is 1. The van der Waals surface area contributed by atoms with Gasteiger partial charge >= 0.3 is 0 Å². The van der Waals surface area contributed by atoms with Crippen LogP contribution in [0.25, 0.3) is 5.69 Å². The molecule has 3 aromatic rings. The fourth-order valence-electron chi connectivity index (χ4n) is 7.44. The number of hydrogen-bond donors (Lipinski definition) is 2. The average Bonchev–Trinajstić information content (AvgIpc) is 3.77. The molecule has 6 rings (SSSR count). The van der Waals surface area contributed by atoms with Crippen LogP contribution in [0.1, 0.15) is 49.3 Å². The van der Waals surface area contributed by atoms with Crippen molar-refractivity contribution < 1.29 is 32.5 Å². The lowest BCUT2D eigenvalue weighted by molar-refractivity contribution is -0.147. The first-order valence-corrected chi connectivity index (χ1v) is 17.9. The van der Waals surface area contributed by atoms with Crippen molar-refractivity contribution in [2.24, 2.45) is 18.9 Å². The van der Waals surface area contributed by atoms with Crippen molar-refractivity contribution in [3.8, 4) is 11.4 Å². The molecule has 2 bridgehead atoms. The minimum Gasteiger partial charge on any atom is -0.497 e. The summed E-state index contributed by atoms with van der Waals surface area (Å²) in [5, 5.41) is 12.9. The smallest absolute Gasteiger partial charge is 0.286 e. The second kappa shape index (κ2) is 14.3. The number of rotatable bonds is 13. The normalized spacial score (nSPS) is 23.6. The minimum absolute atomic E-state index is 0.0579. The van der Waals surface area contributed by atoms with Crippen molar-refractivity contribution in [2.45, 2.75) is 62.2 Å². The molecule has 2 aromatic carbocycles. The van der Waals surface area contributed by atoms with Crippen LogP contribution in [0.4, 0.5) is 0 Å². The quantitative estimate of drug-likeness (QED) is 0.281. The maximum atomic E-state index is 13.9. The molecule has 13 heteroatoms. The first-order valence-electron chi connectivity index (χ1n) is 16.5. The van der Waals surface area contributed by atoms with E-state index in [2.05, 4.69) is 5.32 Å². The SMILES string of the molecule is COc1ccc(S(=O)(=O)N(CCO)CCO[C@H]2C[C@@H](c3c(C)n(C)n(-c4ccccc4)c3=O)C=C(C(=O)NC3CC4CCC3C4)O2)cc1. The Morgan fingerprint density at radius 1 is 1.06 bits per heavy atom. The van der Waals surface area contributed by atoms with Crippen molar-refractivity contribution in [3.63, 3.8) is 0 Å².